The number of nitrogens with zero attached hydrogens (tertiary/aromatic N) is 1. The summed E-state index contributed by atoms with van der Waals surface area (Å²) in [6.45, 7) is 3.05. The second-order valence-corrected chi connectivity index (χ2v) is 6.13. The van der Waals surface area contributed by atoms with E-state index in [0.29, 0.717) is 0 Å². The molecule has 0 unspecified atom stereocenters. The van der Waals surface area contributed by atoms with Gasteiger partial charge in [0.1, 0.15) is 0 Å². The van der Waals surface area contributed by atoms with Gasteiger partial charge < -0.3 is 9.90 Å². The SMILES string of the molecule is CC(C)[C@H](NS(=O)(=O)c1ccc([N+](=O)[O-])cc1)C(=O)[O-]. The maximum Gasteiger partial charge on any atom is 0.269 e. The van der Waals surface area contributed by atoms with Crippen LogP contribution in [0.3, 0.4) is 0 Å². The fourth-order valence-electron chi connectivity index (χ4n) is 1.44. The van der Waals surface area contributed by atoms with E-state index in [-0.39, 0.29) is 10.6 Å². The fraction of sp³-hybridized carbons (Fsp3) is 0.364. The van der Waals surface area contributed by atoms with Crippen LogP contribution in [0.2, 0.25) is 0 Å². The highest BCUT2D eigenvalue weighted by Crippen LogP contribution is 2.16. The highest BCUT2D eigenvalue weighted by molar-refractivity contribution is 7.89. The van der Waals surface area contributed by atoms with Gasteiger partial charge in [-0.1, -0.05) is 13.8 Å². The Labute approximate surface area is 115 Å². The zero-order valence-corrected chi connectivity index (χ0v) is 11.6. The van der Waals surface area contributed by atoms with Crippen molar-refractivity contribution in [3.63, 3.8) is 0 Å². The summed E-state index contributed by atoms with van der Waals surface area (Å²) in [5.74, 6) is -2.04. The number of non-ortho nitro benzene ring substituents is 1. The topological polar surface area (TPSA) is 129 Å². The van der Waals surface area contributed by atoms with Gasteiger partial charge in [-0.15, -0.1) is 0 Å². The number of aliphatic carboxylic acids is 1. The standard InChI is InChI=1S/C11H14N2O6S/c1-7(2)10(11(14)15)12-20(18,19)9-5-3-8(4-6-9)13(16)17/h3-7,10,12H,1-2H3,(H,14,15)/p-1/t10-/m0/s1. The molecule has 1 atom stereocenters. The molecule has 0 spiro atoms. The fourth-order valence-corrected chi connectivity index (χ4v) is 2.77. The molecule has 9 heteroatoms. The van der Waals surface area contributed by atoms with E-state index >= 15 is 0 Å². The summed E-state index contributed by atoms with van der Waals surface area (Å²) >= 11 is 0. The number of hydrogen-bond donors (Lipinski definition) is 1. The Kier molecular flexibility index (Phi) is 4.79. The first kappa shape index (κ1) is 16.1. The van der Waals surface area contributed by atoms with E-state index in [1.54, 1.807) is 0 Å². The van der Waals surface area contributed by atoms with Crippen molar-refractivity contribution in [1.29, 1.82) is 0 Å². The third-order valence-corrected chi connectivity index (χ3v) is 4.02. The Bertz CT molecular complexity index is 608. The number of carboxylic acids is 1. The number of nitro benzene ring substituents is 1. The molecule has 0 aromatic heterocycles. The van der Waals surface area contributed by atoms with E-state index in [1.165, 1.54) is 13.8 Å². The average Bonchev–Trinajstić information content (AvgIpc) is 2.35. The van der Waals surface area contributed by atoms with E-state index < -0.39 is 32.9 Å². The molecule has 110 valence electrons. The van der Waals surface area contributed by atoms with Crippen molar-refractivity contribution in [2.45, 2.75) is 24.8 Å². The highest BCUT2D eigenvalue weighted by Gasteiger charge is 2.23. The van der Waals surface area contributed by atoms with Crippen molar-refractivity contribution < 1.29 is 23.2 Å². The molecule has 1 aromatic carbocycles. The maximum atomic E-state index is 12.0. The number of rotatable bonds is 6. The van der Waals surface area contributed by atoms with Crippen LogP contribution in [0.5, 0.6) is 0 Å². The van der Waals surface area contributed by atoms with Crippen LogP contribution in [0.1, 0.15) is 13.8 Å². The van der Waals surface area contributed by atoms with Gasteiger partial charge in [0.2, 0.25) is 10.0 Å². The highest BCUT2D eigenvalue weighted by atomic mass is 32.2. The predicted molar refractivity (Wildman–Crippen MR) is 67.1 cm³/mol. The first-order chi connectivity index (χ1) is 9.15. The van der Waals surface area contributed by atoms with Gasteiger partial charge in [-0.25, -0.2) is 13.1 Å². The summed E-state index contributed by atoms with van der Waals surface area (Å²) in [6, 6.07) is 2.74. The average molecular weight is 301 g/mol. The van der Waals surface area contributed by atoms with Gasteiger partial charge >= 0.3 is 0 Å². The van der Waals surface area contributed by atoms with Gasteiger partial charge in [-0.2, -0.15) is 0 Å². The zero-order chi connectivity index (χ0) is 15.5. The first-order valence-corrected chi connectivity index (χ1v) is 7.11. The number of carbonyl (C=O) groups excluding carboxylic acids is 1. The van der Waals surface area contributed by atoms with Crippen molar-refractivity contribution >= 4 is 21.7 Å². The Morgan fingerprint density at radius 1 is 1.25 bits per heavy atom. The lowest BCUT2D eigenvalue weighted by molar-refractivity contribution is -0.384. The second kappa shape index (κ2) is 5.97. The lowest BCUT2D eigenvalue weighted by Crippen LogP contribution is -2.50. The van der Waals surface area contributed by atoms with Gasteiger partial charge in [0.05, 0.1) is 21.8 Å². The van der Waals surface area contributed by atoms with E-state index in [9.17, 15) is 28.4 Å². The van der Waals surface area contributed by atoms with Crippen LogP contribution in [0, 0.1) is 16.0 Å². The third-order valence-electron chi connectivity index (χ3n) is 2.56. The molecule has 1 aromatic rings. The van der Waals surface area contributed by atoms with Gasteiger partial charge in [0.25, 0.3) is 5.69 Å². The summed E-state index contributed by atoms with van der Waals surface area (Å²) < 4.78 is 25.9. The molecular formula is C11H13N2O6S-. The van der Waals surface area contributed by atoms with Gasteiger partial charge in [0, 0.05) is 12.1 Å². The Hall–Kier alpha value is -2.00. The molecule has 0 amide bonds. The lowest BCUT2D eigenvalue weighted by atomic mass is 10.1. The molecule has 0 aliphatic carbocycles. The van der Waals surface area contributed by atoms with Crippen LogP contribution < -0.4 is 9.83 Å². The van der Waals surface area contributed by atoms with E-state index in [1.807, 2.05) is 4.72 Å². The minimum absolute atomic E-state index is 0.255. The van der Waals surface area contributed by atoms with Crippen molar-refractivity contribution in [1.82, 2.24) is 4.72 Å². The molecule has 8 nitrogen and oxygen atoms in total. The van der Waals surface area contributed by atoms with Crippen LogP contribution in [0.15, 0.2) is 29.2 Å². The largest absolute Gasteiger partial charge is 0.548 e. The second-order valence-electron chi connectivity index (χ2n) is 4.41. The first-order valence-electron chi connectivity index (χ1n) is 5.63. The summed E-state index contributed by atoms with van der Waals surface area (Å²) in [6.07, 6.45) is 0. The quantitative estimate of drug-likeness (QED) is 0.564. The number of carbonyl (C=O) groups is 1. The number of nitro groups is 1. The smallest absolute Gasteiger partial charge is 0.269 e. The number of carboxylic acid groups (broad SMARTS) is 1. The summed E-state index contributed by atoms with van der Waals surface area (Å²) in [5, 5.41) is 21.3. The number of nitrogens with one attached hydrogen (secondary N) is 1. The molecule has 1 N–H and O–H groups in total. The van der Waals surface area contributed by atoms with Gasteiger partial charge in [0.15, 0.2) is 0 Å². The Morgan fingerprint density at radius 3 is 2.10 bits per heavy atom. The van der Waals surface area contributed by atoms with Crippen molar-refractivity contribution in [2.24, 2.45) is 5.92 Å². The summed E-state index contributed by atoms with van der Waals surface area (Å²) in [7, 11) is -4.09. The monoisotopic (exact) mass is 301 g/mol. The van der Waals surface area contributed by atoms with Gasteiger partial charge in [-0.05, 0) is 18.1 Å². The molecule has 0 aliphatic rings. The predicted octanol–water partition coefficient (Wildman–Crippen LogP) is -0.352. The van der Waals surface area contributed by atoms with Crippen LogP contribution in [0.25, 0.3) is 0 Å². The molecule has 0 saturated carbocycles. The molecule has 0 fully saturated rings. The minimum atomic E-state index is -4.09. The van der Waals surface area contributed by atoms with E-state index in [2.05, 4.69) is 0 Å². The van der Waals surface area contributed by atoms with Crippen LogP contribution in [-0.4, -0.2) is 25.4 Å². The number of benzene rings is 1. The number of sulfonamides is 1. The third kappa shape index (κ3) is 3.75. The van der Waals surface area contributed by atoms with Crippen LogP contribution in [0.4, 0.5) is 5.69 Å². The van der Waals surface area contributed by atoms with Crippen molar-refractivity contribution in [3.05, 3.63) is 34.4 Å². The van der Waals surface area contributed by atoms with Crippen molar-refractivity contribution in [2.75, 3.05) is 0 Å². The minimum Gasteiger partial charge on any atom is -0.548 e. The Balaban J connectivity index is 3.04. The van der Waals surface area contributed by atoms with E-state index in [4.69, 9.17) is 0 Å². The molecular weight excluding hydrogens is 288 g/mol. The van der Waals surface area contributed by atoms with Crippen molar-refractivity contribution in [3.8, 4) is 0 Å². The molecule has 0 saturated heterocycles. The molecule has 0 radical (unpaired) electrons. The summed E-state index contributed by atoms with van der Waals surface area (Å²) in [4.78, 5) is 20.4. The molecule has 1 rings (SSSR count). The normalized spacial score (nSPS) is 13.2. The zero-order valence-electron chi connectivity index (χ0n) is 10.8. The Morgan fingerprint density at radius 2 is 1.75 bits per heavy atom. The molecule has 20 heavy (non-hydrogen) atoms. The summed E-state index contributed by atoms with van der Waals surface area (Å²) in [5.41, 5.74) is -0.260. The molecule has 0 heterocycles. The van der Waals surface area contributed by atoms with Gasteiger partial charge in [-0.3, -0.25) is 10.1 Å². The molecule has 0 aliphatic heterocycles. The van der Waals surface area contributed by atoms with Crippen LogP contribution in [-0.2, 0) is 14.8 Å². The van der Waals surface area contributed by atoms with E-state index in [0.717, 1.165) is 24.3 Å². The lowest BCUT2D eigenvalue weighted by Gasteiger charge is -2.22. The maximum absolute atomic E-state index is 12.0. The molecule has 0 bridgehead atoms. The number of hydrogen-bond acceptors (Lipinski definition) is 6. The van der Waals surface area contributed by atoms with Crippen LogP contribution >= 0.6 is 0 Å².